The van der Waals surface area contributed by atoms with Crippen LogP contribution < -0.4 is 5.32 Å². The van der Waals surface area contributed by atoms with Crippen LogP contribution in [0.25, 0.3) is 0 Å². The number of hydrogen-bond acceptors (Lipinski definition) is 3. The van der Waals surface area contributed by atoms with Gasteiger partial charge in [0.2, 0.25) is 5.91 Å². The Balaban J connectivity index is 1.69. The molecule has 1 heterocycles. The number of likely N-dealkylation sites (tertiary alicyclic amines) is 1. The fourth-order valence-corrected chi connectivity index (χ4v) is 3.12. The van der Waals surface area contributed by atoms with Crippen molar-refractivity contribution in [1.29, 1.82) is 0 Å². The quantitative estimate of drug-likeness (QED) is 0.850. The zero-order valence-corrected chi connectivity index (χ0v) is 15.0. The summed E-state index contributed by atoms with van der Waals surface area (Å²) in [5, 5.41) is 3.07. The summed E-state index contributed by atoms with van der Waals surface area (Å²) >= 11 is 3.43. The fourth-order valence-electron chi connectivity index (χ4n) is 2.67. The Bertz CT molecular complexity index is 542. The van der Waals surface area contributed by atoms with Crippen LogP contribution in [0.2, 0.25) is 0 Å². The molecule has 0 aliphatic carbocycles. The third-order valence-electron chi connectivity index (χ3n) is 3.92. The maximum absolute atomic E-state index is 12.1. The highest BCUT2D eigenvalue weighted by Gasteiger charge is 2.24. The zero-order valence-electron chi connectivity index (χ0n) is 13.4. The minimum absolute atomic E-state index is 0.0690. The van der Waals surface area contributed by atoms with Crippen molar-refractivity contribution in [2.75, 3.05) is 19.7 Å². The van der Waals surface area contributed by atoms with E-state index >= 15 is 0 Å². The zero-order chi connectivity index (χ0) is 16.7. The first-order chi connectivity index (χ1) is 11.1. The molecule has 1 saturated heterocycles. The second-order valence-corrected chi connectivity index (χ2v) is 6.57. The van der Waals surface area contributed by atoms with E-state index in [2.05, 4.69) is 21.2 Å². The number of nitrogens with zero attached hydrogens (tertiary/aromatic N) is 1. The first-order valence-corrected chi connectivity index (χ1v) is 8.83. The molecule has 1 N–H and O–H groups in total. The molecule has 0 aromatic heterocycles. The predicted octanol–water partition coefficient (Wildman–Crippen LogP) is 3.12. The SMILES string of the molecule is CCOC(=O)N1CCC(NC(=O)CCc2cccc(Br)c2)CC1. The highest BCUT2D eigenvalue weighted by Crippen LogP contribution is 2.14. The summed E-state index contributed by atoms with van der Waals surface area (Å²) in [7, 11) is 0. The first kappa shape index (κ1) is 17.8. The second-order valence-electron chi connectivity index (χ2n) is 5.66. The van der Waals surface area contributed by atoms with Crippen LogP contribution in [0, 0.1) is 0 Å². The normalized spacial score (nSPS) is 15.3. The van der Waals surface area contributed by atoms with E-state index in [9.17, 15) is 9.59 Å². The van der Waals surface area contributed by atoms with E-state index in [1.807, 2.05) is 24.3 Å². The maximum atomic E-state index is 12.1. The Morgan fingerprint density at radius 1 is 1.35 bits per heavy atom. The molecule has 5 nitrogen and oxygen atoms in total. The molecule has 2 rings (SSSR count). The Morgan fingerprint density at radius 3 is 2.74 bits per heavy atom. The molecule has 1 aliphatic rings. The van der Waals surface area contributed by atoms with Crippen LogP contribution in [-0.2, 0) is 16.0 Å². The van der Waals surface area contributed by atoms with E-state index in [0.29, 0.717) is 26.1 Å². The molecule has 23 heavy (non-hydrogen) atoms. The van der Waals surface area contributed by atoms with Crippen molar-refractivity contribution in [2.45, 2.75) is 38.6 Å². The van der Waals surface area contributed by atoms with E-state index < -0.39 is 0 Å². The van der Waals surface area contributed by atoms with E-state index in [1.54, 1.807) is 11.8 Å². The smallest absolute Gasteiger partial charge is 0.409 e. The summed E-state index contributed by atoms with van der Waals surface area (Å²) in [6, 6.07) is 8.15. The van der Waals surface area contributed by atoms with Gasteiger partial charge in [-0.3, -0.25) is 4.79 Å². The lowest BCUT2D eigenvalue weighted by molar-refractivity contribution is -0.122. The van der Waals surface area contributed by atoms with Gasteiger partial charge in [-0.2, -0.15) is 0 Å². The van der Waals surface area contributed by atoms with E-state index in [1.165, 1.54) is 0 Å². The molecule has 1 aromatic rings. The van der Waals surface area contributed by atoms with Gasteiger partial charge in [-0.25, -0.2) is 4.79 Å². The molecule has 1 aromatic carbocycles. The summed E-state index contributed by atoms with van der Waals surface area (Å²) < 4.78 is 6.02. The number of aryl methyl sites for hydroxylation is 1. The number of rotatable bonds is 5. The van der Waals surface area contributed by atoms with Gasteiger partial charge in [0, 0.05) is 30.0 Å². The van der Waals surface area contributed by atoms with Crippen molar-refractivity contribution >= 4 is 27.9 Å². The number of carbonyl (C=O) groups is 2. The molecule has 6 heteroatoms. The van der Waals surface area contributed by atoms with Crippen LogP contribution in [0.15, 0.2) is 28.7 Å². The number of amides is 2. The van der Waals surface area contributed by atoms with E-state index in [-0.39, 0.29) is 18.0 Å². The summed E-state index contributed by atoms with van der Waals surface area (Å²) in [6.07, 6.45) is 2.51. The van der Waals surface area contributed by atoms with Crippen LogP contribution >= 0.6 is 15.9 Å². The van der Waals surface area contributed by atoms with Gasteiger partial charge in [-0.05, 0) is 43.9 Å². The van der Waals surface area contributed by atoms with Crippen LogP contribution in [-0.4, -0.2) is 42.6 Å². The lowest BCUT2D eigenvalue weighted by Crippen LogP contribution is -2.46. The average molecular weight is 383 g/mol. The second kappa shape index (κ2) is 8.91. The van der Waals surface area contributed by atoms with Gasteiger partial charge in [-0.1, -0.05) is 28.1 Å². The minimum atomic E-state index is -0.257. The molecule has 1 aliphatic heterocycles. The summed E-state index contributed by atoms with van der Waals surface area (Å²) in [4.78, 5) is 25.4. The lowest BCUT2D eigenvalue weighted by atomic mass is 10.0. The van der Waals surface area contributed by atoms with Crippen molar-refractivity contribution in [3.05, 3.63) is 34.3 Å². The number of halogens is 1. The largest absolute Gasteiger partial charge is 0.450 e. The minimum Gasteiger partial charge on any atom is -0.450 e. The number of hydrogen-bond donors (Lipinski definition) is 1. The molecule has 1 fully saturated rings. The summed E-state index contributed by atoms with van der Waals surface area (Å²) in [6.45, 7) is 3.46. The van der Waals surface area contributed by atoms with Crippen molar-refractivity contribution in [3.8, 4) is 0 Å². The lowest BCUT2D eigenvalue weighted by Gasteiger charge is -2.31. The fraction of sp³-hybridized carbons (Fsp3) is 0.529. The maximum Gasteiger partial charge on any atom is 0.409 e. The molecule has 0 atom stereocenters. The molecular formula is C17H23BrN2O3. The Hall–Kier alpha value is -1.56. The van der Waals surface area contributed by atoms with Gasteiger partial charge < -0.3 is 15.0 Å². The van der Waals surface area contributed by atoms with Crippen molar-refractivity contribution in [3.63, 3.8) is 0 Å². The van der Waals surface area contributed by atoms with Crippen LogP contribution in [0.1, 0.15) is 31.7 Å². The van der Waals surface area contributed by atoms with Gasteiger partial charge in [0.25, 0.3) is 0 Å². The number of nitrogens with one attached hydrogen (secondary N) is 1. The van der Waals surface area contributed by atoms with Crippen molar-refractivity contribution in [1.82, 2.24) is 10.2 Å². The molecule has 0 spiro atoms. The number of piperidine rings is 1. The molecule has 0 unspecified atom stereocenters. The Kier molecular flexibility index (Phi) is 6.89. The molecule has 0 bridgehead atoms. The van der Waals surface area contributed by atoms with Gasteiger partial charge in [0.1, 0.15) is 0 Å². The number of carbonyl (C=O) groups excluding carboxylic acids is 2. The monoisotopic (exact) mass is 382 g/mol. The van der Waals surface area contributed by atoms with Crippen LogP contribution in [0.5, 0.6) is 0 Å². The third-order valence-corrected chi connectivity index (χ3v) is 4.41. The summed E-state index contributed by atoms with van der Waals surface area (Å²) in [5.74, 6) is 0.0690. The molecule has 2 amide bonds. The van der Waals surface area contributed by atoms with Gasteiger partial charge in [0.15, 0.2) is 0 Å². The highest BCUT2D eigenvalue weighted by atomic mass is 79.9. The summed E-state index contributed by atoms with van der Waals surface area (Å²) in [5.41, 5.74) is 1.15. The van der Waals surface area contributed by atoms with Crippen LogP contribution in [0.4, 0.5) is 4.79 Å². The molecular weight excluding hydrogens is 360 g/mol. The Morgan fingerprint density at radius 2 is 2.09 bits per heavy atom. The molecule has 0 radical (unpaired) electrons. The van der Waals surface area contributed by atoms with Crippen LogP contribution in [0.3, 0.4) is 0 Å². The number of ether oxygens (including phenoxy) is 1. The van der Waals surface area contributed by atoms with E-state index in [4.69, 9.17) is 4.74 Å². The standard InChI is InChI=1S/C17H23BrN2O3/c1-2-23-17(22)20-10-8-15(9-11-20)19-16(21)7-6-13-4-3-5-14(18)12-13/h3-5,12,15H,2,6-11H2,1H3,(H,19,21). The Labute approximate surface area is 145 Å². The highest BCUT2D eigenvalue weighted by molar-refractivity contribution is 9.10. The molecule has 0 saturated carbocycles. The van der Waals surface area contributed by atoms with Gasteiger partial charge in [0.05, 0.1) is 6.61 Å². The number of benzene rings is 1. The first-order valence-electron chi connectivity index (χ1n) is 8.04. The predicted molar refractivity (Wildman–Crippen MR) is 92.2 cm³/mol. The van der Waals surface area contributed by atoms with Gasteiger partial charge in [-0.15, -0.1) is 0 Å². The topological polar surface area (TPSA) is 58.6 Å². The van der Waals surface area contributed by atoms with Gasteiger partial charge >= 0.3 is 6.09 Å². The molecule has 126 valence electrons. The van der Waals surface area contributed by atoms with E-state index in [0.717, 1.165) is 29.3 Å². The van der Waals surface area contributed by atoms with Crippen molar-refractivity contribution in [2.24, 2.45) is 0 Å². The average Bonchev–Trinajstić information content (AvgIpc) is 2.54. The third kappa shape index (κ3) is 5.86. The van der Waals surface area contributed by atoms with Crippen molar-refractivity contribution < 1.29 is 14.3 Å².